The lowest BCUT2D eigenvalue weighted by molar-refractivity contribution is -0.120. The third-order valence-corrected chi connectivity index (χ3v) is 4.92. The van der Waals surface area contributed by atoms with Gasteiger partial charge < -0.3 is 10.1 Å². The van der Waals surface area contributed by atoms with E-state index in [-0.39, 0.29) is 12.3 Å². The Bertz CT molecular complexity index is 1010. The van der Waals surface area contributed by atoms with Gasteiger partial charge in [0.05, 0.1) is 18.7 Å². The Labute approximate surface area is 178 Å². The fraction of sp³-hybridized carbons (Fsp3) is 0.333. The molecule has 0 bridgehead atoms. The fourth-order valence-corrected chi connectivity index (χ4v) is 3.45. The zero-order valence-electron chi connectivity index (χ0n) is 17.0. The standard InChI is InChI=1S/C21H24BrN5O2/c1-13-10-14(2)25-21(24-13)27-16(4)19(15(3)26-27)12-20(28)23-8-9-29-18-7-5-6-17(22)11-18/h5-7,10-11H,8-9,12H2,1-4H3,(H,23,28). The van der Waals surface area contributed by atoms with Gasteiger partial charge in [-0.3, -0.25) is 4.79 Å². The van der Waals surface area contributed by atoms with Gasteiger partial charge in [0, 0.05) is 27.1 Å². The highest BCUT2D eigenvalue weighted by atomic mass is 79.9. The maximum atomic E-state index is 12.4. The van der Waals surface area contributed by atoms with E-state index < -0.39 is 0 Å². The average Bonchev–Trinajstić information content (AvgIpc) is 2.93. The first-order valence-corrected chi connectivity index (χ1v) is 10.2. The number of hydrogen-bond donors (Lipinski definition) is 1. The van der Waals surface area contributed by atoms with E-state index >= 15 is 0 Å². The Kier molecular flexibility index (Phi) is 6.64. The van der Waals surface area contributed by atoms with Crippen LogP contribution in [0.5, 0.6) is 5.75 Å². The lowest BCUT2D eigenvalue weighted by atomic mass is 10.1. The largest absolute Gasteiger partial charge is 0.492 e. The molecule has 0 aliphatic carbocycles. The molecule has 0 saturated heterocycles. The zero-order chi connectivity index (χ0) is 21.0. The Balaban J connectivity index is 1.60. The van der Waals surface area contributed by atoms with Gasteiger partial charge in [0.1, 0.15) is 12.4 Å². The van der Waals surface area contributed by atoms with Crippen molar-refractivity contribution in [3.05, 3.63) is 63.1 Å². The molecule has 1 aromatic carbocycles. The van der Waals surface area contributed by atoms with Gasteiger partial charge in [-0.25, -0.2) is 14.6 Å². The summed E-state index contributed by atoms with van der Waals surface area (Å²) < 4.78 is 8.30. The predicted octanol–water partition coefficient (Wildman–Crippen LogP) is 3.40. The molecule has 7 nitrogen and oxygen atoms in total. The van der Waals surface area contributed by atoms with Crippen molar-refractivity contribution in [3.63, 3.8) is 0 Å². The van der Waals surface area contributed by atoms with Gasteiger partial charge in [0.25, 0.3) is 5.95 Å². The molecule has 0 spiro atoms. The molecular formula is C21H24BrN5O2. The van der Waals surface area contributed by atoms with Crippen LogP contribution in [0.1, 0.15) is 28.3 Å². The Morgan fingerprint density at radius 1 is 1.14 bits per heavy atom. The van der Waals surface area contributed by atoms with Gasteiger partial charge in [-0.15, -0.1) is 0 Å². The molecule has 8 heteroatoms. The van der Waals surface area contributed by atoms with Crippen molar-refractivity contribution >= 4 is 21.8 Å². The molecule has 0 fully saturated rings. The van der Waals surface area contributed by atoms with Crippen molar-refractivity contribution < 1.29 is 9.53 Å². The van der Waals surface area contributed by atoms with Crippen LogP contribution in [0.3, 0.4) is 0 Å². The van der Waals surface area contributed by atoms with Crippen LogP contribution in [0.4, 0.5) is 0 Å². The van der Waals surface area contributed by atoms with E-state index in [1.54, 1.807) is 4.68 Å². The van der Waals surface area contributed by atoms with Crippen LogP contribution in [-0.2, 0) is 11.2 Å². The molecule has 0 saturated carbocycles. The Morgan fingerprint density at radius 3 is 2.55 bits per heavy atom. The molecule has 0 radical (unpaired) electrons. The predicted molar refractivity (Wildman–Crippen MR) is 114 cm³/mol. The number of aryl methyl sites for hydroxylation is 3. The average molecular weight is 458 g/mol. The molecule has 1 N–H and O–H groups in total. The summed E-state index contributed by atoms with van der Waals surface area (Å²) in [5, 5.41) is 7.44. The zero-order valence-corrected chi connectivity index (χ0v) is 18.6. The van der Waals surface area contributed by atoms with Crippen molar-refractivity contribution in [1.82, 2.24) is 25.1 Å². The molecule has 152 valence electrons. The van der Waals surface area contributed by atoms with E-state index in [1.165, 1.54) is 0 Å². The first-order chi connectivity index (χ1) is 13.8. The summed E-state index contributed by atoms with van der Waals surface area (Å²) in [5.74, 6) is 1.21. The quantitative estimate of drug-likeness (QED) is 0.549. The number of amides is 1. The second-order valence-corrected chi connectivity index (χ2v) is 7.76. The first-order valence-electron chi connectivity index (χ1n) is 9.36. The van der Waals surface area contributed by atoms with Gasteiger partial charge >= 0.3 is 0 Å². The van der Waals surface area contributed by atoms with Gasteiger partial charge in [0.15, 0.2) is 0 Å². The number of aromatic nitrogens is 4. The summed E-state index contributed by atoms with van der Waals surface area (Å²) >= 11 is 3.40. The molecular weight excluding hydrogens is 434 g/mol. The van der Waals surface area contributed by atoms with Gasteiger partial charge in [-0.1, -0.05) is 22.0 Å². The molecule has 1 amide bonds. The number of hydrogen-bond acceptors (Lipinski definition) is 5. The van der Waals surface area contributed by atoms with Gasteiger partial charge in [-0.2, -0.15) is 5.10 Å². The molecule has 2 heterocycles. The van der Waals surface area contributed by atoms with Crippen LogP contribution in [0.15, 0.2) is 34.8 Å². The van der Waals surface area contributed by atoms with E-state index in [2.05, 4.69) is 36.3 Å². The number of nitrogens with one attached hydrogen (secondary N) is 1. The molecule has 29 heavy (non-hydrogen) atoms. The third-order valence-electron chi connectivity index (χ3n) is 4.43. The molecule has 3 aromatic rings. The van der Waals surface area contributed by atoms with E-state index in [1.807, 2.05) is 58.0 Å². The van der Waals surface area contributed by atoms with Crippen molar-refractivity contribution in [3.8, 4) is 11.7 Å². The number of carbonyl (C=O) groups is 1. The van der Waals surface area contributed by atoms with Crippen LogP contribution in [0.2, 0.25) is 0 Å². The Morgan fingerprint density at radius 2 is 1.86 bits per heavy atom. The van der Waals surface area contributed by atoms with Crippen LogP contribution >= 0.6 is 15.9 Å². The topological polar surface area (TPSA) is 81.9 Å². The maximum absolute atomic E-state index is 12.4. The van der Waals surface area contributed by atoms with E-state index in [0.717, 1.165) is 38.6 Å². The summed E-state index contributed by atoms with van der Waals surface area (Å²) in [4.78, 5) is 21.3. The number of nitrogens with zero attached hydrogens (tertiary/aromatic N) is 4. The summed E-state index contributed by atoms with van der Waals surface area (Å²) in [5.41, 5.74) is 4.31. The monoisotopic (exact) mass is 457 g/mol. The molecule has 0 aliphatic heterocycles. The molecule has 0 unspecified atom stereocenters. The second-order valence-electron chi connectivity index (χ2n) is 6.84. The number of halogens is 1. The number of rotatable bonds is 7. The fourth-order valence-electron chi connectivity index (χ4n) is 3.07. The van der Waals surface area contributed by atoms with E-state index in [9.17, 15) is 4.79 Å². The minimum Gasteiger partial charge on any atom is -0.492 e. The van der Waals surface area contributed by atoms with Gasteiger partial charge in [-0.05, 0) is 52.0 Å². The summed E-state index contributed by atoms with van der Waals surface area (Å²) in [6, 6.07) is 9.52. The SMILES string of the molecule is Cc1cc(C)nc(-n2nc(C)c(CC(=O)NCCOc3cccc(Br)c3)c2C)n1. The van der Waals surface area contributed by atoms with E-state index in [0.29, 0.717) is 19.1 Å². The normalized spacial score (nSPS) is 10.8. The van der Waals surface area contributed by atoms with Crippen molar-refractivity contribution in [2.45, 2.75) is 34.1 Å². The highest BCUT2D eigenvalue weighted by Crippen LogP contribution is 2.18. The lowest BCUT2D eigenvalue weighted by Gasteiger charge is -2.09. The summed E-state index contributed by atoms with van der Waals surface area (Å²) in [6.45, 7) is 8.50. The maximum Gasteiger partial charge on any atom is 0.251 e. The highest BCUT2D eigenvalue weighted by molar-refractivity contribution is 9.10. The lowest BCUT2D eigenvalue weighted by Crippen LogP contribution is -2.29. The van der Waals surface area contributed by atoms with E-state index in [4.69, 9.17) is 4.74 Å². The van der Waals surface area contributed by atoms with Crippen LogP contribution < -0.4 is 10.1 Å². The first kappa shape index (κ1) is 21.0. The van der Waals surface area contributed by atoms with Crippen molar-refractivity contribution in [1.29, 1.82) is 0 Å². The molecule has 3 rings (SSSR count). The third kappa shape index (κ3) is 5.41. The Hall–Kier alpha value is -2.74. The van der Waals surface area contributed by atoms with Crippen molar-refractivity contribution in [2.24, 2.45) is 0 Å². The summed E-state index contributed by atoms with van der Waals surface area (Å²) in [7, 11) is 0. The second kappa shape index (κ2) is 9.17. The van der Waals surface area contributed by atoms with Crippen molar-refractivity contribution in [2.75, 3.05) is 13.2 Å². The highest BCUT2D eigenvalue weighted by Gasteiger charge is 2.17. The van der Waals surface area contributed by atoms with Crippen LogP contribution in [-0.4, -0.2) is 38.8 Å². The number of carbonyl (C=O) groups excluding carboxylic acids is 1. The number of benzene rings is 1. The summed E-state index contributed by atoms with van der Waals surface area (Å²) in [6.07, 6.45) is 0.249. The number of ether oxygens (including phenoxy) is 1. The molecule has 0 aliphatic rings. The minimum atomic E-state index is -0.0741. The molecule has 0 atom stereocenters. The van der Waals surface area contributed by atoms with Crippen LogP contribution in [0.25, 0.3) is 5.95 Å². The smallest absolute Gasteiger partial charge is 0.251 e. The van der Waals surface area contributed by atoms with Gasteiger partial charge in [0.2, 0.25) is 5.91 Å². The minimum absolute atomic E-state index is 0.0741. The van der Waals surface area contributed by atoms with Crippen LogP contribution in [0, 0.1) is 27.7 Å². The molecule has 2 aromatic heterocycles.